The first-order valence-corrected chi connectivity index (χ1v) is 8.14. The van der Waals surface area contributed by atoms with Crippen LogP contribution in [-0.4, -0.2) is 28.0 Å². The van der Waals surface area contributed by atoms with Gasteiger partial charge in [0.2, 0.25) is 0 Å². The van der Waals surface area contributed by atoms with Crippen molar-refractivity contribution in [3.8, 4) is 0 Å². The molecule has 8 heteroatoms. The number of anilines is 1. The quantitative estimate of drug-likeness (QED) is 0.827. The predicted octanol–water partition coefficient (Wildman–Crippen LogP) is 3.29. The molecule has 21 heavy (non-hydrogen) atoms. The van der Waals surface area contributed by atoms with Crippen LogP contribution in [0.2, 0.25) is 0 Å². The molecule has 0 amide bonds. The number of pyridine rings is 1. The minimum atomic E-state index is -4.48. The lowest BCUT2D eigenvalue weighted by Gasteiger charge is -2.22. The number of rotatable bonds is 4. The molecule has 1 aliphatic heterocycles. The van der Waals surface area contributed by atoms with Crippen molar-refractivity contribution in [2.75, 3.05) is 23.4 Å². The van der Waals surface area contributed by atoms with Crippen molar-refractivity contribution >= 4 is 34.8 Å². The molecule has 0 bridgehead atoms. The first kappa shape index (κ1) is 16.4. The first-order valence-electron chi connectivity index (χ1n) is 6.57. The Morgan fingerprint density at radius 3 is 2.62 bits per heavy atom. The van der Waals surface area contributed by atoms with E-state index in [1.807, 2.05) is 11.8 Å². The summed E-state index contributed by atoms with van der Waals surface area (Å²) in [5.74, 6) is 2.74. The Morgan fingerprint density at radius 2 is 2.05 bits per heavy atom. The van der Waals surface area contributed by atoms with Gasteiger partial charge in [-0.3, -0.25) is 0 Å². The predicted molar refractivity (Wildman–Crippen MR) is 83.7 cm³/mol. The molecule has 1 saturated heterocycles. The van der Waals surface area contributed by atoms with E-state index in [2.05, 4.69) is 10.3 Å². The highest BCUT2D eigenvalue weighted by Gasteiger charge is 2.33. The fraction of sp³-hybridized carbons (Fsp3) is 0.538. The molecule has 0 saturated carbocycles. The van der Waals surface area contributed by atoms with Crippen molar-refractivity contribution in [3.63, 3.8) is 0 Å². The zero-order valence-electron chi connectivity index (χ0n) is 11.2. The third kappa shape index (κ3) is 4.47. The number of thioether (sulfide) groups is 1. The molecule has 0 aliphatic carbocycles. The number of nitrogens with one attached hydrogen (secondary N) is 1. The summed E-state index contributed by atoms with van der Waals surface area (Å²) >= 11 is 6.77. The zero-order valence-corrected chi connectivity index (χ0v) is 12.9. The molecule has 1 aromatic heterocycles. The van der Waals surface area contributed by atoms with Crippen LogP contribution >= 0.6 is 24.0 Å². The molecule has 1 aliphatic rings. The van der Waals surface area contributed by atoms with Crippen LogP contribution in [0.3, 0.4) is 0 Å². The van der Waals surface area contributed by atoms with E-state index < -0.39 is 11.9 Å². The van der Waals surface area contributed by atoms with Crippen molar-refractivity contribution in [3.05, 3.63) is 23.4 Å². The lowest BCUT2D eigenvalue weighted by molar-refractivity contribution is -0.141. The van der Waals surface area contributed by atoms with Gasteiger partial charge in [0.1, 0.15) is 16.5 Å². The number of hydrogen-bond donors (Lipinski definition) is 2. The van der Waals surface area contributed by atoms with Crippen LogP contribution in [0.5, 0.6) is 0 Å². The normalized spacial score (nSPS) is 16.7. The van der Waals surface area contributed by atoms with Gasteiger partial charge < -0.3 is 11.1 Å². The summed E-state index contributed by atoms with van der Waals surface area (Å²) in [6.45, 7) is 0.588. The number of halogens is 3. The summed E-state index contributed by atoms with van der Waals surface area (Å²) in [6, 6.07) is 2.17. The van der Waals surface area contributed by atoms with Crippen molar-refractivity contribution in [2.24, 2.45) is 11.7 Å². The van der Waals surface area contributed by atoms with E-state index >= 15 is 0 Å². The van der Waals surface area contributed by atoms with Gasteiger partial charge in [0, 0.05) is 6.54 Å². The Balaban J connectivity index is 2.16. The third-order valence-electron chi connectivity index (χ3n) is 3.35. The molecule has 1 fully saturated rings. The highest BCUT2D eigenvalue weighted by atomic mass is 32.2. The molecule has 0 spiro atoms. The number of aromatic nitrogens is 1. The summed E-state index contributed by atoms with van der Waals surface area (Å²) in [7, 11) is 0. The molecule has 3 N–H and O–H groups in total. The Morgan fingerprint density at radius 1 is 1.38 bits per heavy atom. The van der Waals surface area contributed by atoms with Gasteiger partial charge in [-0.1, -0.05) is 12.2 Å². The van der Waals surface area contributed by atoms with Gasteiger partial charge in [0.05, 0.1) is 5.56 Å². The minimum absolute atomic E-state index is 0.0397. The summed E-state index contributed by atoms with van der Waals surface area (Å²) in [6.07, 6.45) is -2.37. The zero-order chi connectivity index (χ0) is 15.5. The monoisotopic (exact) mass is 335 g/mol. The summed E-state index contributed by atoms with van der Waals surface area (Å²) < 4.78 is 38.2. The van der Waals surface area contributed by atoms with Crippen LogP contribution in [0.25, 0.3) is 0 Å². The Kier molecular flexibility index (Phi) is 5.32. The average molecular weight is 335 g/mol. The van der Waals surface area contributed by atoms with E-state index in [0.717, 1.165) is 30.4 Å². The molecule has 2 rings (SSSR count). The molecule has 116 valence electrons. The van der Waals surface area contributed by atoms with E-state index in [1.54, 1.807) is 0 Å². The van der Waals surface area contributed by atoms with Gasteiger partial charge in [-0.05, 0) is 42.4 Å². The van der Waals surface area contributed by atoms with Crippen LogP contribution in [-0.2, 0) is 6.18 Å². The molecule has 1 aromatic rings. The van der Waals surface area contributed by atoms with E-state index in [1.165, 1.54) is 6.07 Å². The third-order valence-corrected chi connectivity index (χ3v) is 4.62. The van der Waals surface area contributed by atoms with E-state index in [4.69, 9.17) is 18.0 Å². The molecule has 0 unspecified atom stereocenters. The fourth-order valence-electron chi connectivity index (χ4n) is 2.14. The lowest BCUT2D eigenvalue weighted by atomic mass is 10.0. The molecular weight excluding hydrogens is 319 g/mol. The van der Waals surface area contributed by atoms with E-state index in [-0.39, 0.29) is 10.8 Å². The Bertz CT molecular complexity index is 514. The van der Waals surface area contributed by atoms with Gasteiger partial charge in [0.25, 0.3) is 0 Å². The van der Waals surface area contributed by atoms with E-state index in [9.17, 15) is 13.2 Å². The average Bonchev–Trinajstić information content (AvgIpc) is 2.45. The molecular formula is C13H16F3N3S2. The minimum Gasteiger partial charge on any atom is -0.389 e. The number of nitrogens with two attached hydrogens (primary N) is 1. The largest absolute Gasteiger partial charge is 0.433 e. The number of thiocarbonyl (C=S) groups is 1. The number of hydrogen-bond acceptors (Lipinski definition) is 4. The van der Waals surface area contributed by atoms with Gasteiger partial charge in [-0.25, -0.2) is 4.98 Å². The maximum Gasteiger partial charge on any atom is 0.433 e. The molecule has 2 heterocycles. The highest BCUT2D eigenvalue weighted by molar-refractivity contribution is 7.99. The van der Waals surface area contributed by atoms with Crippen molar-refractivity contribution in [1.82, 2.24) is 4.98 Å². The molecule has 0 radical (unpaired) electrons. The van der Waals surface area contributed by atoms with Crippen LogP contribution in [0.1, 0.15) is 24.1 Å². The van der Waals surface area contributed by atoms with Gasteiger partial charge in [0.15, 0.2) is 0 Å². The maximum absolute atomic E-state index is 12.7. The fourth-order valence-corrected chi connectivity index (χ4v) is 3.51. The molecule has 3 nitrogen and oxygen atoms in total. The van der Waals surface area contributed by atoms with Crippen molar-refractivity contribution in [1.29, 1.82) is 0 Å². The SMILES string of the molecule is NC(=S)c1ccc(C(F)(F)F)nc1NCC1CCSCC1. The van der Waals surface area contributed by atoms with Crippen LogP contribution < -0.4 is 11.1 Å². The summed E-state index contributed by atoms with van der Waals surface area (Å²) in [5, 5.41) is 2.99. The second kappa shape index (κ2) is 6.83. The summed E-state index contributed by atoms with van der Waals surface area (Å²) in [5.41, 5.74) is 4.96. The first-order chi connectivity index (χ1) is 9.88. The van der Waals surface area contributed by atoms with Gasteiger partial charge in [-0.2, -0.15) is 24.9 Å². The van der Waals surface area contributed by atoms with Gasteiger partial charge in [-0.15, -0.1) is 0 Å². The maximum atomic E-state index is 12.7. The topological polar surface area (TPSA) is 50.9 Å². The van der Waals surface area contributed by atoms with Crippen LogP contribution in [0.4, 0.5) is 19.0 Å². The Labute approximate surface area is 130 Å². The highest BCUT2D eigenvalue weighted by Crippen LogP contribution is 2.30. The summed E-state index contributed by atoms with van der Waals surface area (Å²) in [4.78, 5) is 3.68. The second-order valence-corrected chi connectivity index (χ2v) is 6.56. The van der Waals surface area contributed by atoms with Gasteiger partial charge >= 0.3 is 6.18 Å². The van der Waals surface area contributed by atoms with Crippen LogP contribution in [0, 0.1) is 5.92 Å². The van der Waals surface area contributed by atoms with Crippen molar-refractivity contribution in [2.45, 2.75) is 19.0 Å². The Hall–Kier alpha value is -1.02. The molecule has 0 atom stereocenters. The second-order valence-electron chi connectivity index (χ2n) is 4.89. The lowest BCUT2D eigenvalue weighted by Crippen LogP contribution is -2.23. The smallest absolute Gasteiger partial charge is 0.389 e. The number of nitrogens with zero attached hydrogens (tertiary/aromatic N) is 1. The standard InChI is InChI=1S/C13H16F3N3S2/c14-13(15,16)10-2-1-9(11(17)20)12(19-10)18-7-8-3-5-21-6-4-8/h1-2,8H,3-7H2,(H2,17,20)(H,18,19). The molecule has 0 aromatic carbocycles. The number of alkyl halides is 3. The van der Waals surface area contributed by atoms with Crippen molar-refractivity contribution < 1.29 is 13.2 Å². The van der Waals surface area contributed by atoms with Crippen LogP contribution in [0.15, 0.2) is 12.1 Å². The van der Waals surface area contributed by atoms with E-state index in [0.29, 0.717) is 18.0 Å².